The molecule has 0 N–H and O–H groups in total. The zero-order valence-electron chi connectivity index (χ0n) is 14.2. The lowest BCUT2D eigenvalue weighted by molar-refractivity contribution is 0.668. The van der Waals surface area contributed by atoms with Gasteiger partial charge in [-0.25, -0.2) is 9.67 Å². The van der Waals surface area contributed by atoms with Crippen molar-refractivity contribution >= 4 is 11.5 Å². The van der Waals surface area contributed by atoms with E-state index in [4.69, 9.17) is 10.1 Å². The second-order valence-electron chi connectivity index (χ2n) is 6.37. The fourth-order valence-corrected chi connectivity index (χ4v) is 3.47. The van der Waals surface area contributed by atoms with Gasteiger partial charge in [-0.05, 0) is 11.1 Å². The SMILES string of the molecule is c1ccc(C2=Nc3cc(-c4ccccc4)nn3C2c2ccccc2)cc1. The van der Waals surface area contributed by atoms with E-state index < -0.39 is 0 Å². The number of aromatic nitrogens is 2. The Balaban J connectivity index is 1.66. The van der Waals surface area contributed by atoms with Crippen molar-refractivity contribution in [1.29, 1.82) is 0 Å². The summed E-state index contributed by atoms with van der Waals surface area (Å²) in [5.41, 5.74) is 5.43. The third-order valence-corrected chi connectivity index (χ3v) is 4.71. The van der Waals surface area contributed by atoms with E-state index in [9.17, 15) is 0 Å². The van der Waals surface area contributed by atoms with Crippen LogP contribution in [-0.2, 0) is 0 Å². The Hall–Kier alpha value is -3.46. The summed E-state index contributed by atoms with van der Waals surface area (Å²) in [6.07, 6.45) is 0. The van der Waals surface area contributed by atoms with Gasteiger partial charge in [-0.15, -0.1) is 0 Å². The second-order valence-corrected chi connectivity index (χ2v) is 6.37. The Kier molecular flexibility index (Phi) is 3.49. The molecule has 1 aliphatic heterocycles. The Labute approximate surface area is 152 Å². The third kappa shape index (κ3) is 2.45. The van der Waals surface area contributed by atoms with Crippen LogP contribution in [0.4, 0.5) is 5.82 Å². The van der Waals surface area contributed by atoms with E-state index in [0.29, 0.717) is 0 Å². The Morgan fingerprint density at radius 1 is 0.654 bits per heavy atom. The van der Waals surface area contributed by atoms with Crippen LogP contribution in [-0.4, -0.2) is 15.5 Å². The minimum absolute atomic E-state index is 0.00828. The molecule has 0 saturated carbocycles. The summed E-state index contributed by atoms with van der Waals surface area (Å²) < 4.78 is 2.04. The van der Waals surface area contributed by atoms with Crippen LogP contribution in [0.25, 0.3) is 11.3 Å². The summed E-state index contributed by atoms with van der Waals surface area (Å²) in [7, 11) is 0. The van der Waals surface area contributed by atoms with Crippen LogP contribution < -0.4 is 0 Å². The van der Waals surface area contributed by atoms with Gasteiger partial charge in [-0.3, -0.25) is 0 Å². The van der Waals surface area contributed by atoms with Crippen LogP contribution in [0.5, 0.6) is 0 Å². The molecule has 1 unspecified atom stereocenters. The lowest BCUT2D eigenvalue weighted by atomic mass is 9.97. The molecule has 1 aliphatic rings. The lowest BCUT2D eigenvalue weighted by Gasteiger charge is -2.16. The molecule has 2 heterocycles. The van der Waals surface area contributed by atoms with Gasteiger partial charge in [0.1, 0.15) is 6.04 Å². The topological polar surface area (TPSA) is 30.2 Å². The first-order valence-electron chi connectivity index (χ1n) is 8.74. The Bertz CT molecular complexity index is 1060. The maximum atomic E-state index is 4.94. The molecule has 124 valence electrons. The molecule has 1 atom stereocenters. The lowest BCUT2D eigenvalue weighted by Crippen LogP contribution is -2.18. The molecule has 4 aromatic rings. The third-order valence-electron chi connectivity index (χ3n) is 4.71. The van der Waals surface area contributed by atoms with Crippen molar-refractivity contribution in [2.24, 2.45) is 4.99 Å². The molecule has 0 aliphatic carbocycles. The zero-order valence-corrected chi connectivity index (χ0v) is 14.2. The van der Waals surface area contributed by atoms with Crippen molar-refractivity contribution in [3.05, 3.63) is 108 Å². The molecular formula is C23H17N3. The highest BCUT2D eigenvalue weighted by Crippen LogP contribution is 2.37. The Morgan fingerprint density at radius 3 is 1.88 bits per heavy atom. The van der Waals surface area contributed by atoms with Gasteiger partial charge in [0.05, 0.1) is 11.4 Å². The number of hydrogen-bond acceptors (Lipinski definition) is 2. The number of hydrogen-bond donors (Lipinski definition) is 0. The monoisotopic (exact) mass is 335 g/mol. The van der Waals surface area contributed by atoms with E-state index in [1.807, 2.05) is 35.0 Å². The number of aliphatic imine (C=N–C) groups is 1. The quantitative estimate of drug-likeness (QED) is 0.501. The van der Waals surface area contributed by atoms with Gasteiger partial charge >= 0.3 is 0 Å². The highest BCUT2D eigenvalue weighted by molar-refractivity contribution is 6.08. The van der Waals surface area contributed by atoms with Crippen LogP contribution in [0, 0.1) is 0 Å². The van der Waals surface area contributed by atoms with Gasteiger partial charge in [-0.1, -0.05) is 91.0 Å². The van der Waals surface area contributed by atoms with Crippen molar-refractivity contribution in [3.8, 4) is 11.3 Å². The van der Waals surface area contributed by atoms with E-state index in [0.717, 1.165) is 28.4 Å². The molecule has 0 spiro atoms. The average Bonchev–Trinajstić information content (AvgIpc) is 3.28. The van der Waals surface area contributed by atoms with Crippen LogP contribution in [0.1, 0.15) is 17.2 Å². The number of rotatable bonds is 3. The minimum atomic E-state index is -0.00828. The van der Waals surface area contributed by atoms with E-state index in [-0.39, 0.29) is 6.04 Å². The van der Waals surface area contributed by atoms with Gasteiger partial charge < -0.3 is 0 Å². The standard InChI is InChI=1S/C23H17N3/c1-4-10-17(11-5-1)20-16-21-24-22(18-12-6-2-7-13-18)23(26(21)25-20)19-14-8-3-9-15-19/h1-16,23H. The van der Waals surface area contributed by atoms with Gasteiger partial charge in [0.15, 0.2) is 5.82 Å². The summed E-state index contributed by atoms with van der Waals surface area (Å²) >= 11 is 0. The van der Waals surface area contributed by atoms with Crippen molar-refractivity contribution in [2.45, 2.75) is 6.04 Å². The maximum absolute atomic E-state index is 4.94. The van der Waals surface area contributed by atoms with E-state index in [1.165, 1.54) is 5.56 Å². The predicted octanol–water partition coefficient (Wildman–Crippen LogP) is 5.27. The molecular weight excluding hydrogens is 318 g/mol. The van der Waals surface area contributed by atoms with Crippen molar-refractivity contribution in [3.63, 3.8) is 0 Å². The van der Waals surface area contributed by atoms with Gasteiger partial charge in [0.25, 0.3) is 0 Å². The molecule has 5 rings (SSSR count). The fraction of sp³-hybridized carbons (Fsp3) is 0.0435. The number of fused-ring (bicyclic) bond motifs is 1. The molecule has 3 heteroatoms. The smallest absolute Gasteiger partial charge is 0.152 e. The highest BCUT2D eigenvalue weighted by atomic mass is 15.4. The van der Waals surface area contributed by atoms with Gasteiger partial charge in [0.2, 0.25) is 0 Å². The molecule has 3 aromatic carbocycles. The summed E-state index contributed by atoms with van der Waals surface area (Å²) in [5.74, 6) is 0.900. The first-order chi connectivity index (χ1) is 12.9. The zero-order chi connectivity index (χ0) is 17.3. The first-order valence-corrected chi connectivity index (χ1v) is 8.74. The summed E-state index contributed by atoms with van der Waals surface area (Å²) in [6, 6.07) is 33.1. The van der Waals surface area contributed by atoms with Gasteiger partial charge in [0, 0.05) is 11.6 Å². The molecule has 0 radical (unpaired) electrons. The molecule has 26 heavy (non-hydrogen) atoms. The van der Waals surface area contributed by atoms with Gasteiger partial charge in [-0.2, -0.15) is 5.10 Å². The van der Waals surface area contributed by atoms with Crippen LogP contribution in [0.15, 0.2) is 102 Å². The van der Waals surface area contributed by atoms with Crippen LogP contribution in [0.3, 0.4) is 0 Å². The summed E-state index contributed by atoms with van der Waals surface area (Å²) in [6.45, 7) is 0. The van der Waals surface area contributed by atoms with E-state index >= 15 is 0 Å². The largest absolute Gasteiger partial charge is 0.233 e. The minimum Gasteiger partial charge on any atom is -0.233 e. The van der Waals surface area contributed by atoms with Crippen LogP contribution >= 0.6 is 0 Å². The molecule has 0 amide bonds. The molecule has 3 nitrogen and oxygen atoms in total. The number of nitrogens with zero attached hydrogens (tertiary/aromatic N) is 3. The van der Waals surface area contributed by atoms with E-state index in [1.54, 1.807) is 0 Å². The normalized spacial score (nSPS) is 15.5. The average molecular weight is 335 g/mol. The molecule has 0 saturated heterocycles. The number of benzene rings is 3. The first kappa shape index (κ1) is 14.8. The van der Waals surface area contributed by atoms with Crippen molar-refractivity contribution in [2.75, 3.05) is 0 Å². The van der Waals surface area contributed by atoms with Crippen LogP contribution in [0.2, 0.25) is 0 Å². The summed E-state index contributed by atoms with van der Waals surface area (Å²) in [5, 5.41) is 4.90. The van der Waals surface area contributed by atoms with Crippen molar-refractivity contribution < 1.29 is 0 Å². The second kappa shape index (κ2) is 6.12. The Morgan fingerprint density at radius 2 is 1.23 bits per heavy atom. The predicted molar refractivity (Wildman–Crippen MR) is 105 cm³/mol. The maximum Gasteiger partial charge on any atom is 0.152 e. The summed E-state index contributed by atoms with van der Waals surface area (Å²) in [4.78, 5) is 4.94. The molecule has 1 aromatic heterocycles. The highest BCUT2D eigenvalue weighted by Gasteiger charge is 2.31. The molecule has 0 fully saturated rings. The van der Waals surface area contributed by atoms with E-state index in [2.05, 4.69) is 66.7 Å². The van der Waals surface area contributed by atoms with Crippen molar-refractivity contribution in [1.82, 2.24) is 9.78 Å². The fourth-order valence-electron chi connectivity index (χ4n) is 3.47. The molecule has 0 bridgehead atoms.